The van der Waals surface area contributed by atoms with Crippen LogP contribution in [0.5, 0.6) is 0 Å². The number of nitrogens with one attached hydrogen (secondary N) is 1. The van der Waals surface area contributed by atoms with E-state index in [1.807, 2.05) is 26.0 Å². The maximum atomic E-state index is 12.3. The third-order valence-corrected chi connectivity index (χ3v) is 4.23. The molecule has 0 radical (unpaired) electrons. The van der Waals surface area contributed by atoms with Gasteiger partial charge in [0.1, 0.15) is 0 Å². The predicted molar refractivity (Wildman–Crippen MR) is 92.2 cm³/mol. The van der Waals surface area contributed by atoms with Gasteiger partial charge in [-0.05, 0) is 51.0 Å². The van der Waals surface area contributed by atoms with Crippen LogP contribution >= 0.6 is 0 Å². The molecule has 1 aliphatic rings. The molecule has 3 rings (SSSR count). The zero-order valence-electron chi connectivity index (χ0n) is 14.2. The van der Waals surface area contributed by atoms with Crippen molar-refractivity contribution >= 4 is 17.6 Å². The number of hydrogen-bond acceptors (Lipinski definition) is 4. The number of nitrogens with zero attached hydrogens (tertiary/aromatic N) is 2. The summed E-state index contributed by atoms with van der Waals surface area (Å²) in [7, 11) is 0. The number of ether oxygens (including phenoxy) is 1. The van der Waals surface area contributed by atoms with Crippen molar-refractivity contribution in [1.29, 1.82) is 5.26 Å². The van der Waals surface area contributed by atoms with E-state index in [1.165, 1.54) is 0 Å². The number of aryl methyl sites for hydroxylation is 1. The summed E-state index contributed by atoms with van der Waals surface area (Å²) in [6.07, 6.45) is 2.27. The van der Waals surface area contributed by atoms with Gasteiger partial charge in [-0.1, -0.05) is 6.07 Å². The van der Waals surface area contributed by atoms with Gasteiger partial charge in [0.2, 0.25) is 0 Å². The molecule has 1 aromatic carbocycles. The SMILES string of the molecule is Cc1cc(C(=O)OCC(=O)Nc2cccc(C#N)c2)c(C)n1C1CC1. The van der Waals surface area contributed by atoms with Crippen molar-refractivity contribution in [3.63, 3.8) is 0 Å². The van der Waals surface area contributed by atoms with E-state index in [2.05, 4.69) is 9.88 Å². The second-order valence-corrected chi connectivity index (χ2v) is 6.20. The largest absolute Gasteiger partial charge is 0.452 e. The molecule has 0 spiro atoms. The van der Waals surface area contributed by atoms with E-state index in [9.17, 15) is 9.59 Å². The first-order valence-corrected chi connectivity index (χ1v) is 8.15. The minimum absolute atomic E-state index is 0.372. The Morgan fingerprint density at radius 1 is 1.32 bits per heavy atom. The summed E-state index contributed by atoms with van der Waals surface area (Å²) in [5, 5.41) is 11.5. The van der Waals surface area contributed by atoms with Crippen LogP contribution in [0.3, 0.4) is 0 Å². The van der Waals surface area contributed by atoms with Gasteiger partial charge in [-0.3, -0.25) is 4.79 Å². The van der Waals surface area contributed by atoms with E-state index in [0.29, 0.717) is 22.9 Å². The Hall–Kier alpha value is -3.07. The van der Waals surface area contributed by atoms with Gasteiger partial charge < -0.3 is 14.6 Å². The Morgan fingerprint density at radius 2 is 2.08 bits per heavy atom. The van der Waals surface area contributed by atoms with E-state index >= 15 is 0 Å². The number of aromatic nitrogens is 1. The molecule has 1 N–H and O–H groups in total. The van der Waals surface area contributed by atoms with Crippen LogP contribution < -0.4 is 5.32 Å². The fourth-order valence-electron chi connectivity index (χ4n) is 2.95. The van der Waals surface area contributed by atoms with Crippen LogP contribution in [-0.4, -0.2) is 23.1 Å². The topological polar surface area (TPSA) is 84.1 Å². The summed E-state index contributed by atoms with van der Waals surface area (Å²) >= 11 is 0. The first-order chi connectivity index (χ1) is 12.0. The minimum Gasteiger partial charge on any atom is -0.452 e. The number of carbonyl (C=O) groups is 2. The molecule has 1 fully saturated rings. The third-order valence-electron chi connectivity index (χ3n) is 4.23. The highest BCUT2D eigenvalue weighted by atomic mass is 16.5. The fraction of sp³-hybridized carbons (Fsp3) is 0.316. The van der Waals surface area contributed by atoms with Crippen LogP contribution in [0.2, 0.25) is 0 Å². The molecule has 128 valence electrons. The Kier molecular flexibility index (Phi) is 4.57. The van der Waals surface area contributed by atoms with Crippen LogP contribution in [0.4, 0.5) is 5.69 Å². The molecule has 1 amide bonds. The van der Waals surface area contributed by atoms with E-state index in [0.717, 1.165) is 24.2 Å². The van der Waals surface area contributed by atoms with Crippen molar-refractivity contribution < 1.29 is 14.3 Å². The zero-order valence-corrected chi connectivity index (χ0v) is 14.2. The number of hydrogen-bond donors (Lipinski definition) is 1. The molecular formula is C19H19N3O3. The summed E-state index contributed by atoms with van der Waals surface area (Å²) in [5.41, 5.74) is 3.36. The first-order valence-electron chi connectivity index (χ1n) is 8.15. The molecule has 1 heterocycles. The third kappa shape index (κ3) is 3.72. The van der Waals surface area contributed by atoms with E-state index in [4.69, 9.17) is 10.00 Å². The van der Waals surface area contributed by atoms with Gasteiger partial charge >= 0.3 is 5.97 Å². The number of anilines is 1. The van der Waals surface area contributed by atoms with E-state index in [1.54, 1.807) is 24.3 Å². The van der Waals surface area contributed by atoms with Crippen LogP contribution in [0, 0.1) is 25.2 Å². The molecule has 0 aliphatic heterocycles. The first kappa shape index (κ1) is 16.8. The molecule has 0 bridgehead atoms. The number of nitriles is 1. The number of rotatable bonds is 5. The van der Waals surface area contributed by atoms with Gasteiger partial charge in [-0.15, -0.1) is 0 Å². The van der Waals surface area contributed by atoms with Gasteiger partial charge in [0.25, 0.3) is 5.91 Å². The Labute approximate surface area is 146 Å². The number of benzene rings is 1. The second kappa shape index (κ2) is 6.81. The quantitative estimate of drug-likeness (QED) is 0.850. The molecule has 0 unspecified atom stereocenters. The normalized spacial score (nSPS) is 13.2. The monoisotopic (exact) mass is 337 g/mol. The van der Waals surface area contributed by atoms with Crippen molar-refractivity contribution in [2.24, 2.45) is 0 Å². The van der Waals surface area contributed by atoms with Crippen molar-refractivity contribution in [1.82, 2.24) is 4.57 Å². The van der Waals surface area contributed by atoms with Gasteiger partial charge in [-0.2, -0.15) is 5.26 Å². The molecule has 2 aromatic rings. The second-order valence-electron chi connectivity index (χ2n) is 6.20. The predicted octanol–water partition coefficient (Wildman–Crippen LogP) is 3.11. The summed E-state index contributed by atoms with van der Waals surface area (Å²) in [5.74, 6) is -0.944. The van der Waals surface area contributed by atoms with Gasteiger partial charge in [0.15, 0.2) is 6.61 Å². The van der Waals surface area contributed by atoms with Crippen molar-refractivity contribution in [2.45, 2.75) is 32.7 Å². The number of carbonyl (C=O) groups excluding carboxylic acids is 2. The van der Waals surface area contributed by atoms with Crippen molar-refractivity contribution in [2.75, 3.05) is 11.9 Å². The molecule has 0 saturated heterocycles. The van der Waals surface area contributed by atoms with Crippen LogP contribution in [0.25, 0.3) is 0 Å². The van der Waals surface area contributed by atoms with Gasteiger partial charge in [0.05, 0.1) is 17.2 Å². The highest BCUT2D eigenvalue weighted by Gasteiger charge is 2.28. The maximum Gasteiger partial charge on any atom is 0.340 e. The lowest BCUT2D eigenvalue weighted by Gasteiger charge is -2.08. The van der Waals surface area contributed by atoms with E-state index in [-0.39, 0.29) is 6.61 Å². The Bertz CT molecular complexity index is 873. The smallest absolute Gasteiger partial charge is 0.340 e. The van der Waals surface area contributed by atoms with Crippen LogP contribution in [-0.2, 0) is 9.53 Å². The van der Waals surface area contributed by atoms with Crippen molar-refractivity contribution in [3.8, 4) is 6.07 Å². The molecule has 1 saturated carbocycles. The van der Waals surface area contributed by atoms with Crippen molar-refractivity contribution in [3.05, 3.63) is 52.8 Å². The van der Waals surface area contributed by atoms with E-state index < -0.39 is 11.9 Å². The zero-order chi connectivity index (χ0) is 18.0. The molecule has 1 aliphatic carbocycles. The van der Waals surface area contributed by atoms with Gasteiger partial charge in [-0.25, -0.2) is 4.79 Å². The lowest BCUT2D eigenvalue weighted by atomic mass is 10.2. The van der Waals surface area contributed by atoms with Crippen LogP contribution in [0.1, 0.15) is 46.2 Å². The maximum absolute atomic E-state index is 12.3. The number of amides is 1. The van der Waals surface area contributed by atoms with Crippen LogP contribution in [0.15, 0.2) is 30.3 Å². The molecule has 0 atom stereocenters. The lowest BCUT2D eigenvalue weighted by molar-refractivity contribution is -0.119. The average Bonchev–Trinajstić information content (AvgIpc) is 3.38. The summed E-state index contributed by atoms with van der Waals surface area (Å²) in [6, 6.07) is 10.8. The average molecular weight is 337 g/mol. The molecule has 25 heavy (non-hydrogen) atoms. The number of esters is 1. The highest BCUT2D eigenvalue weighted by molar-refractivity contribution is 5.96. The lowest BCUT2D eigenvalue weighted by Crippen LogP contribution is -2.21. The standard InChI is InChI=1S/C19H19N3O3/c1-12-8-17(13(2)22(12)16-6-7-16)19(24)25-11-18(23)21-15-5-3-4-14(9-15)10-20/h3-5,8-9,16H,6-7,11H2,1-2H3,(H,21,23). The van der Waals surface area contributed by atoms with Gasteiger partial charge in [0, 0.05) is 23.1 Å². The summed E-state index contributed by atoms with van der Waals surface area (Å²) in [6.45, 7) is 3.50. The molecule has 1 aromatic heterocycles. The fourth-order valence-corrected chi connectivity index (χ4v) is 2.95. The molecule has 6 heteroatoms. The Balaban J connectivity index is 1.59. The Morgan fingerprint density at radius 3 is 2.76 bits per heavy atom. The molecular weight excluding hydrogens is 318 g/mol. The summed E-state index contributed by atoms with van der Waals surface area (Å²) in [4.78, 5) is 24.2. The summed E-state index contributed by atoms with van der Waals surface area (Å²) < 4.78 is 7.30. The molecule has 6 nitrogen and oxygen atoms in total. The minimum atomic E-state index is -0.499. The highest BCUT2D eigenvalue weighted by Crippen LogP contribution is 2.38.